The average molecular weight is 319 g/mol. The van der Waals surface area contributed by atoms with Crippen LogP contribution in [-0.4, -0.2) is 50.1 Å². The molecule has 1 aliphatic rings. The van der Waals surface area contributed by atoms with E-state index in [1.807, 2.05) is 29.2 Å². The molecule has 23 heavy (non-hydrogen) atoms. The number of carbonyl (C=O) groups excluding carboxylic acids is 2. The number of methoxy groups -OCH3 is 1. The number of rotatable bonds is 8. The van der Waals surface area contributed by atoms with E-state index in [9.17, 15) is 9.59 Å². The Morgan fingerprint density at radius 2 is 2.04 bits per heavy atom. The summed E-state index contributed by atoms with van der Waals surface area (Å²) in [5.41, 5.74) is 1.07. The van der Waals surface area contributed by atoms with Gasteiger partial charge in [0, 0.05) is 32.6 Å². The lowest BCUT2D eigenvalue weighted by Crippen LogP contribution is -2.38. The molecule has 1 aromatic rings. The maximum absolute atomic E-state index is 11.7. The van der Waals surface area contributed by atoms with Gasteiger partial charge in [0.15, 0.2) is 0 Å². The van der Waals surface area contributed by atoms with Gasteiger partial charge < -0.3 is 20.3 Å². The van der Waals surface area contributed by atoms with Crippen LogP contribution in [0.3, 0.4) is 0 Å². The predicted molar refractivity (Wildman–Crippen MR) is 88.5 cm³/mol. The zero-order chi connectivity index (χ0) is 16.5. The fraction of sp³-hybridized carbons (Fsp3) is 0.529. The molecule has 0 aliphatic carbocycles. The molecule has 6 heteroatoms. The van der Waals surface area contributed by atoms with Crippen LogP contribution in [-0.2, 0) is 11.2 Å². The van der Waals surface area contributed by atoms with E-state index in [1.54, 1.807) is 7.11 Å². The molecule has 6 nitrogen and oxygen atoms in total. The minimum absolute atomic E-state index is 0.173. The van der Waals surface area contributed by atoms with Crippen LogP contribution in [0.1, 0.15) is 24.8 Å². The largest absolute Gasteiger partial charge is 0.496 e. The fourth-order valence-corrected chi connectivity index (χ4v) is 2.69. The topological polar surface area (TPSA) is 70.7 Å². The second kappa shape index (κ2) is 9.02. The Morgan fingerprint density at radius 1 is 1.26 bits per heavy atom. The summed E-state index contributed by atoms with van der Waals surface area (Å²) in [6, 6.07) is 7.61. The minimum Gasteiger partial charge on any atom is -0.496 e. The smallest absolute Gasteiger partial charge is 0.314 e. The second-order valence-electron chi connectivity index (χ2n) is 5.58. The molecule has 0 unspecified atom stereocenters. The molecule has 1 heterocycles. The average Bonchev–Trinajstić information content (AvgIpc) is 2.97. The van der Waals surface area contributed by atoms with Crippen molar-refractivity contribution in [1.29, 1.82) is 0 Å². The second-order valence-corrected chi connectivity index (χ2v) is 5.58. The quantitative estimate of drug-likeness (QED) is 0.714. The summed E-state index contributed by atoms with van der Waals surface area (Å²) in [7, 11) is 1.64. The monoisotopic (exact) mass is 319 g/mol. The lowest BCUT2D eigenvalue weighted by molar-refractivity contribution is -0.127. The zero-order valence-electron chi connectivity index (χ0n) is 13.6. The number of amides is 3. The third-order valence-electron chi connectivity index (χ3n) is 3.93. The van der Waals surface area contributed by atoms with Gasteiger partial charge in [0.25, 0.3) is 0 Å². The van der Waals surface area contributed by atoms with Crippen molar-refractivity contribution in [1.82, 2.24) is 15.5 Å². The molecular weight excluding hydrogens is 294 g/mol. The van der Waals surface area contributed by atoms with Gasteiger partial charge >= 0.3 is 6.03 Å². The van der Waals surface area contributed by atoms with Crippen LogP contribution in [0.4, 0.5) is 4.79 Å². The van der Waals surface area contributed by atoms with E-state index in [0.29, 0.717) is 19.5 Å². The van der Waals surface area contributed by atoms with Gasteiger partial charge in [-0.3, -0.25) is 4.79 Å². The molecule has 126 valence electrons. The first kappa shape index (κ1) is 17.1. The number of benzene rings is 1. The van der Waals surface area contributed by atoms with Gasteiger partial charge in [-0.05, 0) is 30.9 Å². The molecule has 0 aromatic heterocycles. The molecular formula is C17H25N3O3. The molecule has 0 radical (unpaired) electrons. The summed E-state index contributed by atoms with van der Waals surface area (Å²) in [5.74, 6) is 1.07. The SMILES string of the molecule is COc1ccccc1CCNC(=O)NCCCN1CCCC1=O. The van der Waals surface area contributed by atoms with Gasteiger partial charge in [-0.2, -0.15) is 0 Å². The standard InChI is InChI=1S/C17H25N3O3/c1-23-15-7-3-2-6-14(15)9-11-19-17(22)18-10-5-13-20-12-4-8-16(20)21/h2-3,6-7H,4-5,8-13H2,1H3,(H2,18,19,22). The number of likely N-dealkylation sites (tertiary alicyclic amines) is 1. The molecule has 1 saturated heterocycles. The van der Waals surface area contributed by atoms with E-state index in [1.165, 1.54) is 0 Å². The van der Waals surface area contributed by atoms with Gasteiger partial charge in [0.2, 0.25) is 5.91 Å². The number of ether oxygens (including phenoxy) is 1. The van der Waals surface area contributed by atoms with Crippen molar-refractivity contribution in [3.05, 3.63) is 29.8 Å². The number of urea groups is 1. The Labute approximate surface area is 137 Å². The highest BCUT2D eigenvalue weighted by atomic mass is 16.5. The predicted octanol–water partition coefficient (Wildman–Crippen LogP) is 1.55. The lowest BCUT2D eigenvalue weighted by Gasteiger charge is -2.15. The molecule has 1 fully saturated rings. The maximum Gasteiger partial charge on any atom is 0.314 e. The Bertz CT molecular complexity index is 534. The molecule has 1 aromatic carbocycles. The van der Waals surface area contributed by atoms with Crippen LogP contribution >= 0.6 is 0 Å². The normalized spacial score (nSPS) is 14.0. The van der Waals surface area contributed by atoms with Gasteiger partial charge in [-0.15, -0.1) is 0 Å². The van der Waals surface area contributed by atoms with E-state index in [-0.39, 0.29) is 11.9 Å². The van der Waals surface area contributed by atoms with Crippen molar-refractivity contribution in [2.45, 2.75) is 25.7 Å². The summed E-state index contributed by atoms with van der Waals surface area (Å²) >= 11 is 0. The van der Waals surface area contributed by atoms with E-state index in [4.69, 9.17) is 4.74 Å². The Hall–Kier alpha value is -2.24. The molecule has 0 saturated carbocycles. The number of nitrogens with one attached hydrogen (secondary N) is 2. The fourth-order valence-electron chi connectivity index (χ4n) is 2.69. The highest BCUT2D eigenvalue weighted by Crippen LogP contribution is 2.17. The van der Waals surface area contributed by atoms with Gasteiger partial charge in [-0.25, -0.2) is 4.79 Å². The van der Waals surface area contributed by atoms with Crippen LogP contribution in [0.2, 0.25) is 0 Å². The van der Waals surface area contributed by atoms with Crippen LogP contribution in [0, 0.1) is 0 Å². The minimum atomic E-state index is -0.173. The first-order valence-corrected chi connectivity index (χ1v) is 8.12. The molecule has 1 aliphatic heterocycles. The van der Waals surface area contributed by atoms with Crippen molar-refractivity contribution < 1.29 is 14.3 Å². The first-order valence-electron chi connectivity index (χ1n) is 8.12. The van der Waals surface area contributed by atoms with E-state index < -0.39 is 0 Å². The third kappa shape index (κ3) is 5.47. The van der Waals surface area contributed by atoms with Gasteiger partial charge in [-0.1, -0.05) is 18.2 Å². The van der Waals surface area contributed by atoms with Crippen molar-refractivity contribution in [3.63, 3.8) is 0 Å². The van der Waals surface area contributed by atoms with Crippen LogP contribution < -0.4 is 15.4 Å². The highest BCUT2D eigenvalue weighted by molar-refractivity contribution is 5.78. The van der Waals surface area contributed by atoms with Crippen LogP contribution in [0.25, 0.3) is 0 Å². The molecule has 2 N–H and O–H groups in total. The van der Waals surface area contributed by atoms with Gasteiger partial charge in [0.05, 0.1) is 7.11 Å². The maximum atomic E-state index is 11.7. The van der Waals surface area contributed by atoms with E-state index >= 15 is 0 Å². The summed E-state index contributed by atoms with van der Waals surface area (Å²) in [6.07, 6.45) is 3.12. The van der Waals surface area contributed by atoms with Gasteiger partial charge in [0.1, 0.15) is 5.75 Å². The number of hydrogen-bond acceptors (Lipinski definition) is 3. The van der Waals surface area contributed by atoms with Crippen molar-refractivity contribution in [3.8, 4) is 5.75 Å². The van der Waals surface area contributed by atoms with Crippen molar-refractivity contribution in [2.24, 2.45) is 0 Å². The van der Waals surface area contributed by atoms with E-state index in [2.05, 4.69) is 10.6 Å². The Balaban J connectivity index is 1.57. The van der Waals surface area contributed by atoms with E-state index in [0.717, 1.165) is 43.7 Å². The highest BCUT2D eigenvalue weighted by Gasteiger charge is 2.18. The molecule has 0 atom stereocenters. The molecule has 0 bridgehead atoms. The Kier molecular flexibility index (Phi) is 6.72. The Morgan fingerprint density at radius 3 is 2.78 bits per heavy atom. The van der Waals surface area contributed by atoms with Crippen LogP contribution in [0.15, 0.2) is 24.3 Å². The van der Waals surface area contributed by atoms with Crippen LogP contribution in [0.5, 0.6) is 5.75 Å². The lowest BCUT2D eigenvalue weighted by atomic mass is 10.1. The number of hydrogen-bond donors (Lipinski definition) is 2. The first-order chi connectivity index (χ1) is 11.2. The summed E-state index contributed by atoms with van der Waals surface area (Å²) < 4.78 is 5.28. The molecule has 2 rings (SSSR count). The number of carbonyl (C=O) groups is 2. The number of para-hydroxylation sites is 1. The zero-order valence-corrected chi connectivity index (χ0v) is 13.6. The molecule has 3 amide bonds. The molecule has 0 spiro atoms. The van der Waals surface area contributed by atoms with Crippen molar-refractivity contribution in [2.75, 3.05) is 33.3 Å². The summed E-state index contributed by atoms with van der Waals surface area (Å²) in [5, 5.41) is 5.65. The summed E-state index contributed by atoms with van der Waals surface area (Å²) in [6.45, 7) is 2.70. The third-order valence-corrected chi connectivity index (χ3v) is 3.93. The number of nitrogens with zero attached hydrogens (tertiary/aromatic N) is 1. The van der Waals surface area contributed by atoms with Crippen molar-refractivity contribution >= 4 is 11.9 Å². The summed E-state index contributed by atoms with van der Waals surface area (Å²) in [4.78, 5) is 25.0.